The van der Waals surface area contributed by atoms with Crippen molar-refractivity contribution in [1.29, 1.82) is 0 Å². The van der Waals surface area contributed by atoms with E-state index in [0.717, 1.165) is 22.4 Å². The van der Waals surface area contributed by atoms with E-state index < -0.39 is 0 Å². The normalized spacial score (nSPS) is 10.3. The summed E-state index contributed by atoms with van der Waals surface area (Å²) in [6, 6.07) is 15.6. The maximum absolute atomic E-state index is 12.1. The van der Waals surface area contributed by atoms with Crippen molar-refractivity contribution >= 4 is 11.6 Å². The predicted octanol–water partition coefficient (Wildman–Crippen LogP) is 3.32. The summed E-state index contributed by atoms with van der Waals surface area (Å²) < 4.78 is 5.14. The number of amides is 1. The van der Waals surface area contributed by atoms with Gasteiger partial charge in [-0.1, -0.05) is 42.5 Å². The molecule has 2 aromatic rings. The zero-order valence-electron chi connectivity index (χ0n) is 11.8. The number of hydrogen-bond donors (Lipinski definition) is 1. The molecule has 2 aromatic carbocycles. The number of carbonyl (C=O) groups excluding carboxylic acids is 1. The fourth-order valence-electron chi connectivity index (χ4n) is 2.10. The summed E-state index contributed by atoms with van der Waals surface area (Å²) in [6.07, 6.45) is 0.383. The predicted molar refractivity (Wildman–Crippen MR) is 80.7 cm³/mol. The first-order valence-corrected chi connectivity index (χ1v) is 6.62. The Morgan fingerprint density at radius 1 is 1.05 bits per heavy atom. The number of rotatable bonds is 5. The van der Waals surface area contributed by atoms with Crippen molar-refractivity contribution in [2.75, 3.05) is 12.4 Å². The van der Waals surface area contributed by atoms with Crippen LogP contribution in [0.2, 0.25) is 0 Å². The second-order valence-corrected chi connectivity index (χ2v) is 4.74. The van der Waals surface area contributed by atoms with Crippen molar-refractivity contribution in [2.24, 2.45) is 0 Å². The van der Waals surface area contributed by atoms with E-state index in [1.807, 2.05) is 55.5 Å². The highest BCUT2D eigenvalue weighted by molar-refractivity contribution is 5.93. The van der Waals surface area contributed by atoms with E-state index in [-0.39, 0.29) is 5.91 Å². The van der Waals surface area contributed by atoms with Crippen LogP contribution in [0.25, 0.3) is 0 Å². The molecule has 20 heavy (non-hydrogen) atoms. The fraction of sp³-hybridized carbons (Fsp3) is 0.235. The zero-order valence-corrected chi connectivity index (χ0v) is 11.8. The van der Waals surface area contributed by atoms with Crippen LogP contribution >= 0.6 is 0 Å². The third-order valence-corrected chi connectivity index (χ3v) is 3.20. The third kappa shape index (κ3) is 3.68. The molecular weight excluding hydrogens is 250 g/mol. The van der Waals surface area contributed by atoms with Gasteiger partial charge in [-0.2, -0.15) is 0 Å². The molecule has 0 bridgehead atoms. The zero-order chi connectivity index (χ0) is 14.4. The lowest BCUT2D eigenvalue weighted by Crippen LogP contribution is -2.16. The molecule has 0 saturated heterocycles. The Bertz CT molecular complexity index is 593. The van der Waals surface area contributed by atoms with Gasteiger partial charge >= 0.3 is 0 Å². The molecule has 0 radical (unpaired) electrons. The molecule has 3 nitrogen and oxygen atoms in total. The highest BCUT2D eigenvalue weighted by Gasteiger charge is 2.08. The van der Waals surface area contributed by atoms with E-state index in [4.69, 9.17) is 4.74 Å². The van der Waals surface area contributed by atoms with Gasteiger partial charge in [-0.05, 0) is 24.1 Å². The largest absolute Gasteiger partial charge is 0.380 e. The minimum absolute atomic E-state index is 0.0112. The van der Waals surface area contributed by atoms with Crippen LogP contribution < -0.4 is 5.32 Å². The SMILES string of the molecule is COCc1ccccc1NC(=O)Cc1ccccc1C. The van der Waals surface area contributed by atoms with Gasteiger partial charge in [0.05, 0.1) is 13.0 Å². The maximum Gasteiger partial charge on any atom is 0.228 e. The Morgan fingerprint density at radius 2 is 1.70 bits per heavy atom. The topological polar surface area (TPSA) is 38.3 Å². The van der Waals surface area contributed by atoms with Crippen LogP contribution in [0.5, 0.6) is 0 Å². The summed E-state index contributed by atoms with van der Waals surface area (Å²) in [5.74, 6) is -0.0112. The average molecular weight is 269 g/mol. The van der Waals surface area contributed by atoms with Crippen LogP contribution in [0.3, 0.4) is 0 Å². The number of benzene rings is 2. The lowest BCUT2D eigenvalue weighted by atomic mass is 10.1. The van der Waals surface area contributed by atoms with Gasteiger partial charge in [0.1, 0.15) is 0 Å². The highest BCUT2D eigenvalue weighted by atomic mass is 16.5. The van der Waals surface area contributed by atoms with Crippen LogP contribution in [0, 0.1) is 6.92 Å². The molecule has 0 aliphatic rings. The highest BCUT2D eigenvalue weighted by Crippen LogP contribution is 2.16. The monoisotopic (exact) mass is 269 g/mol. The number of methoxy groups -OCH3 is 1. The van der Waals surface area contributed by atoms with Gasteiger partial charge in [0.15, 0.2) is 0 Å². The number of hydrogen-bond acceptors (Lipinski definition) is 2. The van der Waals surface area contributed by atoms with E-state index in [9.17, 15) is 4.79 Å². The van der Waals surface area contributed by atoms with Crippen LogP contribution in [-0.2, 0) is 22.6 Å². The molecule has 0 aliphatic heterocycles. The Labute approximate surface area is 119 Å². The molecular formula is C17H19NO2. The summed E-state index contributed by atoms with van der Waals surface area (Å²) in [5, 5.41) is 2.95. The number of anilines is 1. The summed E-state index contributed by atoms with van der Waals surface area (Å²) in [4.78, 5) is 12.1. The van der Waals surface area contributed by atoms with Gasteiger partial charge in [-0.25, -0.2) is 0 Å². The van der Waals surface area contributed by atoms with Gasteiger partial charge in [0.25, 0.3) is 0 Å². The van der Waals surface area contributed by atoms with Crippen molar-refractivity contribution in [3.63, 3.8) is 0 Å². The molecule has 0 unspecified atom stereocenters. The average Bonchev–Trinajstić information content (AvgIpc) is 2.44. The lowest BCUT2D eigenvalue weighted by Gasteiger charge is -2.11. The second-order valence-electron chi connectivity index (χ2n) is 4.74. The summed E-state index contributed by atoms with van der Waals surface area (Å²) >= 11 is 0. The molecule has 0 atom stereocenters. The fourth-order valence-corrected chi connectivity index (χ4v) is 2.10. The number of carbonyl (C=O) groups is 1. The number of nitrogens with one attached hydrogen (secondary N) is 1. The molecule has 0 aliphatic carbocycles. The van der Waals surface area contributed by atoms with Crippen molar-refractivity contribution < 1.29 is 9.53 Å². The van der Waals surface area contributed by atoms with E-state index >= 15 is 0 Å². The first-order chi connectivity index (χ1) is 9.70. The Kier molecular flexibility index (Phi) is 4.91. The quantitative estimate of drug-likeness (QED) is 0.904. The molecule has 1 amide bonds. The van der Waals surface area contributed by atoms with Gasteiger partial charge in [-0.3, -0.25) is 4.79 Å². The molecule has 0 fully saturated rings. The number of para-hydroxylation sites is 1. The lowest BCUT2D eigenvalue weighted by molar-refractivity contribution is -0.115. The smallest absolute Gasteiger partial charge is 0.228 e. The standard InChI is InChI=1S/C17H19NO2/c1-13-7-3-4-8-14(13)11-17(19)18-16-10-6-5-9-15(16)12-20-2/h3-10H,11-12H2,1-2H3,(H,18,19). The Morgan fingerprint density at radius 3 is 2.40 bits per heavy atom. The van der Waals surface area contributed by atoms with Crippen molar-refractivity contribution in [3.8, 4) is 0 Å². The van der Waals surface area contributed by atoms with E-state index in [2.05, 4.69) is 5.32 Å². The molecule has 0 spiro atoms. The Balaban J connectivity index is 2.07. The molecule has 0 aromatic heterocycles. The molecule has 104 valence electrons. The van der Waals surface area contributed by atoms with E-state index in [0.29, 0.717) is 13.0 Å². The van der Waals surface area contributed by atoms with Crippen LogP contribution in [0.4, 0.5) is 5.69 Å². The summed E-state index contributed by atoms with van der Waals surface area (Å²) in [7, 11) is 1.64. The number of ether oxygens (including phenoxy) is 1. The Hall–Kier alpha value is -2.13. The molecule has 0 saturated carbocycles. The van der Waals surface area contributed by atoms with Crippen LogP contribution in [0.1, 0.15) is 16.7 Å². The first kappa shape index (κ1) is 14.3. The second kappa shape index (κ2) is 6.87. The summed E-state index contributed by atoms with van der Waals surface area (Å²) in [5.41, 5.74) is 3.98. The van der Waals surface area contributed by atoms with Gasteiger partial charge < -0.3 is 10.1 Å². The molecule has 3 heteroatoms. The van der Waals surface area contributed by atoms with Crippen molar-refractivity contribution in [2.45, 2.75) is 20.0 Å². The minimum Gasteiger partial charge on any atom is -0.380 e. The molecule has 1 N–H and O–H groups in total. The van der Waals surface area contributed by atoms with Crippen LogP contribution in [0.15, 0.2) is 48.5 Å². The maximum atomic E-state index is 12.1. The van der Waals surface area contributed by atoms with Gasteiger partial charge in [0, 0.05) is 18.4 Å². The van der Waals surface area contributed by atoms with Crippen molar-refractivity contribution in [3.05, 3.63) is 65.2 Å². The van der Waals surface area contributed by atoms with Crippen LogP contribution in [-0.4, -0.2) is 13.0 Å². The molecule has 2 rings (SSSR count). The van der Waals surface area contributed by atoms with Crippen molar-refractivity contribution in [1.82, 2.24) is 0 Å². The summed E-state index contributed by atoms with van der Waals surface area (Å²) in [6.45, 7) is 2.50. The van der Waals surface area contributed by atoms with E-state index in [1.54, 1.807) is 7.11 Å². The van der Waals surface area contributed by atoms with E-state index in [1.165, 1.54) is 0 Å². The van der Waals surface area contributed by atoms with Gasteiger partial charge in [0.2, 0.25) is 5.91 Å². The first-order valence-electron chi connectivity index (χ1n) is 6.62. The third-order valence-electron chi connectivity index (χ3n) is 3.20. The number of aryl methyl sites for hydroxylation is 1. The van der Waals surface area contributed by atoms with Gasteiger partial charge in [-0.15, -0.1) is 0 Å². The molecule has 0 heterocycles. The minimum atomic E-state index is -0.0112.